The molecule has 5 nitrogen and oxygen atoms in total. The van der Waals surface area contributed by atoms with Gasteiger partial charge in [0.05, 0.1) is 0 Å². The molecule has 1 atom stereocenters. The number of nitrogens with zero attached hydrogens (tertiary/aromatic N) is 1. The molecule has 1 saturated heterocycles. The van der Waals surface area contributed by atoms with Gasteiger partial charge in [0.1, 0.15) is 6.04 Å². The van der Waals surface area contributed by atoms with Crippen molar-refractivity contribution in [2.75, 3.05) is 18.4 Å². The summed E-state index contributed by atoms with van der Waals surface area (Å²) in [5.41, 5.74) is 5.73. The Bertz CT molecular complexity index is 1770. The fourth-order valence-corrected chi connectivity index (χ4v) is 6.31. The summed E-state index contributed by atoms with van der Waals surface area (Å²) in [5.74, 6) is 0.0826. The number of piperidine rings is 1. The first-order chi connectivity index (χ1) is 23.0. The first kappa shape index (κ1) is 31.8. The quantitative estimate of drug-likeness (QED) is 0.162. The Balaban J connectivity index is 1.08. The van der Waals surface area contributed by atoms with E-state index in [2.05, 4.69) is 27.7 Å². The van der Waals surface area contributed by atoms with Gasteiger partial charge in [0.15, 0.2) is 0 Å². The van der Waals surface area contributed by atoms with Crippen LogP contribution < -0.4 is 10.6 Å². The van der Waals surface area contributed by atoms with Gasteiger partial charge in [0.2, 0.25) is 5.91 Å². The van der Waals surface area contributed by atoms with E-state index in [4.69, 9.17) is 0 Å². The first-order valence-corrected chi connectivity index (χ1v) is 16.0. The van der Waals surface area contributed by atoms with Crippen LogP contribution in [0.25, 0.3) is 11.1 Å². The lowest BCUT2D eigenvalue weighted by atomic mass is 9.88. The van der Waals surface area contributed by atoms with Crippen molar-refractivity contribution in [1.29, 1.82) is 0 Å². The molecule has 5 aromatic carbocycles. The number of hydrogen-bond acceptors (Lipinski definition) is 3. The van der Waals surface area contributed by atoms with Gasteiger partial charge in [0, 0.05) is 23.4 Å². The average molecular weight is 630 g/mol. The van der Waals surface area contributed by atoms with Crippen molar-refractivity contribution in [3.05, 3.63) is 161 Å². The van der Waals surface area contributed by atoms with Crippen LogP contribution in [0.2, 0.25) is 0 Å². The Morgan fingerprint density at radius 1 is 0.702 bits per heavy atom. The smallest absolute Gasteiger partial charge is 0.263 e. The molecule has 0 bridgehead atoms. The van der Waals surface area contributed by atoms with Crippen LogP contribution in [0.15, 0.2) is 133 Å². The van der Waals surface area contributed by atoms with Crippen molar-refractivity contribution in [2.24, 2.45) is 0 Å². The SMILES string of the molecule is O=C(Nc1ccc(C2CCN(C(C(=O)NCc3ccccc3)c3ccccc3)CC2)cc1)c1ccccc1-c1ccc(C(F)F)cc1. The van der Waals surface area contributed by atoms with Crippen molar-refractivity contribution in [1.82, 2.24) is 10.2 Å². The number of rotatable bonds is 10. The molecule has 1 fully saturated rings. The molecule has 7 heteroatoms. The highest BCUT2D eigenvalue weighted by atomic mass is 19.3. The number of anilines is 1. The molecular weight excluding hydrogens is 592 g/mol. The highest BCUT2D eigenvalue weighted by Crippen LogP contribution is 2.34. The third-order valence-electron chi connectivity index (χ3n) is 8.85. The number of hydrogen-bond donors (Lipinski definition) is 2. The van der Waals surface area contributed by atoms with Gasteiger partial charge < -0.3 is 10.6 Å². The van der Waals surface area contributed by atoms with Crippen LogP contribution in [-0.2, 0) is 11.3 Å². The van der Waals surface area contributed by atoms with E-state index in [0.29, 0.717) is 34.8 Å². The van der Waals surface area contributed by atoms with Crippen LogP contribution >= 0.6 is 0 Å². The Kier molecular flexibility index (Phi) is 10.1. The minimum atomic E-state index is -2.54. The summed E-state index contributed by atoms with van der Waals surface area (Å²) in [7, 11) is 0. The minimum Gasteiger partial charge on any atom is -0.350 e. The Labute approximate surface area is 274 Å². The van der Waals surface area contributed by atoms with E-state index < -0.39 is 6.43 Å². The second-order valence-electron chi connectivity index (χ2n) is 11.9. The van der Waals surface area contributed by atoms with E-state index in [9.17, 15) is 18.4 Å². The van der Waals surface area contributed by atoms with Crippen molar-refractivity contribution in [2.45, 2.75) is 37.8 Å². The van der Waals surface area contributed by atoms with Gasteiger partial charge in [-0.25, -0.2) is 8.78 Å². The highest BCUT2D eigenvalue weighted by Gasteiger charge is 2.31. The molecule has 2 amide bonds. The molecule has 5 aromatic rings. The number of carbonyl (C=O) groups excluding carboxylic acids is 2. The molecule has 0 saturated carbocycles. The van der Waals surface area contributed by atoms with Gasteiger partial charge in [-0.1, -0.05) is 115 Å². The fourth-order valence-electron chi connectivity index (χ4n) is 6.31. The molecule has 0 aliphatic carbocycles. The van der Waals surface area contributed by atoms with Crippen molar-refractivity contribution < 1.29 is 18.4 Å². The Hall–Kier alpha value is -5.14. The van der Waals surface area contributed by atoms with Gasteiger partial charge in [0.25, 0.3) is 12.3 Å². The number of amides is 2. The second-order valence-corrected chi connectivity index (χ2v) is 11.9. The molecular formula is C40H37F2N3O2. The minimum absolute atomic E-state index is 0.00495. The maximum Gasteiger partial charge on any atom is 0.263 e. The summed E-state index contributed by atoms with van der Waals surface area (Å²) < 4.78 is 26.1. The van der Waals surface area contributed by atoms with Crippen LogP contribution in [0.1, 0.15) is 63.8 Å². The number of carbonyl (C=O) groups is 2. The predicted molar refractivity (Wildman–Crippen MR) is 182 cm³/mol. The molecule has 1 heterocycles. The van der Waals surface area contributed by atoms with Crippen molar-refractivity contribution >= 4 is 17.5 Å². The van der Waals surface area contributed by atoms with E-state index in [0.717, 1.165) is 37.1 Å². The topological polar surface area (TPSA) is 61.4 Å². The lowest BCUT2D eigenvalue weighted by Crippen LogP contribution is -2.43. The summed E-state index contributed by atoms with van der Waals surface area (Å²) in [4.78, 5) is 29.1. The van der Waals surface area contributed by atoms with Gasteiger partial charge in [-0.2, -0.15) is 0 Å². The molecule has 0 spiro atoms. The third kappa shape index (κ3) is 7.81. The molecule has 1 unspecified atom stereocenters. The normalized spacial score (nSPS) is 14.4. The summed E-state index contributed by atoms with van der Waals surface area (Å²) in [6.45, 7) is 2.06. The lowest BCUT2D eigenvalue weighted by molar-refractivity contribution is -0.127. The molecule has 6 rings (SSSR count). The lowest BCUT2D eigenvalue weighted by Gasteiger charge is -2.37. The molecule has 0 radical (unpaired) electrons. The monoisotopic (exact) mass is 629 g/mol. The van der Waals surface area contributed by atoms with E-state index in [1.54, 1.807) is 24.3 Å². The molecule has 47 heavy (non-hydrogen) atoms. The molecule has 1 aliphatic heterocycles. The summed E-state index contributed by atoms with van der Waals surface area (Å²) in [6, 6.07) is 40.7. The fraction of sp³-hybridized carbons (Fsp3) is 0.200. The summed E-state index contributed by atoms with van der Waals surface area (Å²) >= 11 is 0. The van der Waals surface area contributed by atoms with Gasteiger partial charge in [-0.05, 0) is 77.9 Å². The molecule has 1 aliphatic rings. The van der Waals surface area contributed by atoms with E-state index >= 15 is 0 Å². The first-order valence-electron chi connectivity index (χ1n) is 16.0. The van der Waals surface area contributed by atoms with Gasteiger partial charge in [-0.15, -0.1) is 0 Å². The maximum absolute atomic E-state index is 13.5. The zero-order valence-corrected chi connectivity index (χ0v) is 26.0. The standard InChI is InChI=1S/C40H37F2N3O2/c41-38(42)33-17-15-31(16-18-33)35-13-7-8-14-36(35)39(46)44-34-21-19-29(20-22-34)30-23-25-45(26-24-30)37(32-11-5-2-6-12-32)40(47)43-27-28-9-3-1-4-10-28/h1-22,30,37-38H,23-27H2,(H,43,47)(H,44,46). The van der Waals surface area contributed by atoms with E-state index in [-0.39, 0.29) is 23.4 Å². The van der Waals surface area contributed by atoms with Crippen molar-refractivity contribution in [3.63, 3.8) is 0 Å². The maximum atomic E-state index is 13.5. The zero-order valence-electron chi connectivity index (χ0n) is 26.0. The number of halogens is 2. The Morgan fingerprint density at radius 3 is 1.98 bits per heavy atom. The van der Waals surface area contributed by atoms with Crippen LogP contribution in [0.5, 0.6) is 0 Å². The van der Waals surface area contributed by atoms with Crippen LogP contribution in [0, 0.1) is 0 Å². The summed E-state index contributed by atoms with van der Waals surface area (Å²) in [6.07, 6.45) is -0.710. The second kappa shape index (κ2) is 15.0. The van der Waals surface area contributed by atoms with E-state index in [1.165, 1.54) is 17.7 Å². The molecule has 238 valence electrons. The predicted octanol–water partition coefficient (Wildman–Crippen LogP) is 8.78. The number of alkyl halides is 2. The average Bonchev–Trinajstić information content (AvgIpc) is 3.12. The zero-order chi connectivity index (χ0) is 32.6. The number of nitrogens with one attached hydrogen (secondary N) is 2. The largest absolute Gasteiger partial charge is 0.350 e. The van der Waals surface area contributed by atoms with Crippen LogP contribution in [-0.4, -0.2) is 29.8 Å². The van der Waals surface area contributed by atoms with Gasteiger partial charge in [-0.3, -0.25) is 14.5 Å². The van der Waals surface area contributed by atoms with E-state index in [1.807, 2.05) is 84.9 Å². The molecule has 0 aromatic heterocycles. The third-order valence-corrected chi connectivity index (χ3v) is 8.85. The van der Waals surface area contributed by atoms with Crippen LogP contribution in [0.4, 0.5) is 14.5 Å². The van der Waals surface area contributed by atoms with Gasteiger partial charge >= 0.3 is 0 Å². The highest BCUT2D eigenvalue weighted by molar-refractivity contribution is 6.08. The number of benzene rings is 5. The Morgan fingerprint density at radius 2 is 1.32 bits per heavy atom. The molecule has 2 N–H and O–H groups in total. The van der Waals surface area contributed by atoms with Crippen LogP contribution in [0.3, 0.4) is 0 Å². The summed E-state index contributed by atoms with van der Waals surface area (Å²) in [5, 5.41) is 6.14. The number of likely N-dealkylation sites (tertiary alicyclic amines) is 1. The van der Waals surface area contributed by atoms with Crippen molar-refractivity contribution in [3.8, 4) is 11.1 Å².